The van der Waals surface area contributed by atoms with Crippen molar-refractivity contribution in [2.45, 2.75) is 45.8 Å². The summed E-state index contributed by atoms with van der Waals surface area (Å²) in [5.74, 6) is -1.69. The molecule has 2 amide bonds. The van der Waals surface area contributed by atoms with Crippen molar-refractivity contribution in [1.82, 2.24) is 10.2 Å². The normalized spacial score (nSPS) is 12.8. The maximum atomic E-state index is 13.6. The maximum absolute atomic E-state index is 13.6. The summed E-state index contributed by atoms with van der Waals surface area (Å²) in [6, 6.07) is 7.51. The molecule has 11 nitrogen and oxygen atoms in total. The molecule has 2 aromatic carbocycles. The third-order valence-electron chi connectivity index (χ3n) is 5.76. The van der Waals surface area contributed by atoms with Gasteiger partial charge in [-0.3, -0.25) is 24.0 Å². The molecule has 0 saturated carbocycles. The molecule has 37 heavy (non-hydrogen) atoms. The Kier molecular flexibility index (Phi) is 9.95. The lowest BCUT2D eigenvalue weighted by Gasteiger charge is -2.32. The van der Waals surface area contributed by atoms with Crippen molar-refractivity contribution in [3.05, 3.63) is 64.0 Å². The number of carbonyl (C=O) groups excluding carboxylic acids is 2. The quantitative estimate of drug-likeness (QED) is 0.324. The van der Waals surface area contributed by atoms with E-state index in [1.54, 1.807) is 6.92 Å². The number of nitrogens with one attached hydrogen (secondary N) is 1. The molecule has 1 N–H and O–H groups in total. The van der Waals surface area contributed by atoms with Gasteiger partial charge in [-0.05, 0) is 44.0 Å². The van der Waals surface area contributed by atoms with Gasteiger partial charge in [-0.25, -0.2) is 12.8 Å². The van der Waals surface area contributed by atoms with Crippen molar-refractivity contribution in [2.75, 3.05) is 24.2 Å². The number of benzene rings is 2. The smallest absolute Gasteiger partial charge is 0.271 e. The van der Waals surface area contributed by atoms with Crippen LogP contribution in [0.1, 0.15) is 32.8 Å². The molecule has 13 heteroatoms. The van der Waals surface area contributed by atoms with Gasteiger partial charge in [0.05, 0.1) is 18.3 Å². The number of carbonyl (C=O) groups is 2. The molecule has 202 valence electrons. The van der Waals surface area contributed by atoms with Crippen LogP contribution in [0.3, 0.4) is 0 Å². The lowest BCUT2D eigenvalue weighted by Crippen LogP contribution is -2.52. The number of non-ortho nitro benzene ring substituents is 1. The van der Waals surface area contributed by atoms with E-state index in [2.05, 4.69) is 5.32 Å². The van der Waals surface area contributed by atoms with Gasteiger partial charge in [-0.15, -0.1) is 0 Å². The van der Waals surface area contributed by atoms with Gasteiger partial charge >= 0.3 is 0 Å². The maximum Gasteiger partial charge on any atom is 0.271 e. The number of ether oxygens (including phenoxy) is 1. The number of nitro benzene ring substituents is 1. The van der Waals surface area contributed by atoms with Crippen LogP contribution < -0.4 is 14.4 Å². The first-order chi connectivity index (χ1) is 17.3. The second-order valence-corrected chi connectivity index (χ2v) is 10.4. The van der Waals surface area contributed by atoms with E-state index < -0.39 is 50.9 Å². The summed E-state index contributed by atoms with van der Waals surface area (Å²) in [6.07, 6.45) is 1.50. The number of hydrogen-bond donors (Lipinski definition) is 1. The molecule has 2 atom stereocenters. The average Bonchev–Trinajstić information content (AvgIpc) is 2.85. The lowest BCUT2D eigenvalue weighted by molar-refractivity contribution is -0.384. The topological polar surface area (TPSA) is 139 Å². The zero-order valence-electron chi connectivity index (χ0n) is 21.3. The van der Waals surface area contributed by atoms with Gasteiger partial charge in [-0.1, -0.05) is 19.1 Å². The second-order valence-electron chi connectivity index (χ2n) is 8.52. The minimum atomic E-state index is -4.14. The summed E-state index contributed by atoms with van der Waals surface area (Å²) < 4.78 is 44.8. The van der Waals surface area contributed by atoms with E-state index in [1.165, 1.54) is 49.3 Å². The van der Waals surface area contributed by atoms with Gasteiger partial charge in [0.1, 0.15) is 29.8 Å². The van der Waals surface area contributed by atoms with E-state index in [0.717, 1.165) is 18.4 Å². The van der Waals surface area contributed by atoms with Crippen LogP contribution in [-0.2, 0) is 26.2 Å². The van der Waals surface area contributed by atoms with Crippen LogP contribution in [0.15, 0.2) is 42.5 Å². The molecule has 0 spiro atoms. The first-order valence-corrected chi connectivity index (χ1v) is 13.3. The first kappa shape index (κ1) is 29.5. The fourth-order valence-electron chi connectivity index (χ4n) is 3.42. The van der Waals surface area contributed by atoms with Gasteiger partial charge in [0.2, 0.25) is 21.8 Å². The van der Waals surface area contributed by atoms with E-state index in [1.807, 2.05) is 6.92 Å². The number of sulfonamides is 1. The number of nitrogens with zero attached hydrogens (tertiary/aromatic N) is 3. The largest absolute Gasteiger partial charge is 0.495 e. The fourth-order valence-corrected chi connectivity index (χ4v) is 4.26. The van der Waals surface area contributed by atoms with Crippen LogP contribution in [0.25, 0.3) is 0 Å². The highest BCUT2D eigenvalue weighted by Crippen LogP contribution is 2.33. The predicted octanol–water partition coefficient (Wildman–Crippen LogP) is 2.84. The minimum absolute atomic E-state index is 0.00327. The van der Waals surface area contributed by atoms with Crippen molar-refractivity contribution in [3.63, 3.8) is 0 Å². The molecule has 0 fully saturated rings. The van der Waals surface area contributed by atoms with Crippen molar-refractivity contribution >= 4 is 33.2 Å². The highest BCUT2D eigenvalue weighted by atomic mass is 32.2. The molecule has 0 aliphatic rings. The summed E-state index contributed by atoms with van der Waals surface area (Å²) in [7, 11) is -2.88. The number of anilines is 1. The molecule has 0 aliphatic heterocycles. The summed E-state index contributed by atoms with van der Waals surface area (Å²) in [5.41, 5.74) is -0.0934. The molecule has 2 aromatic rings. The Morgan fingerprint density at radius 1 is 1.16 bits per heavy atom. The zero-order chi connectivity index (χ0) is 27.9. The van der Waals surface area contributed by atoms with Gasteiger partial charge in [0.25, 0.3) is 5.69 Å². The molecule has 0 saturated heterocycles. The fraction of sp³-hybridized carbons (Fsp3) is 0.417. The Hall–Kier alpha value is -3.74. The van der Waals surface area contributed by atoms with E-state index in [0.29, 0.717) is 16.3 Å². The van der Waals surface area contributed by atoms with Crippen LogP contribution in [0.2, 0.25) is 0 Å². The van der Waals surface area contributed by atoms with Gasteiger partial charge in [-0.2, -0.15) is 0 Å². The third-order valence-corrected chi connectivity index (χ3v) is 6.88. The molecule has 0 unspecified atom stereocenters. The van der Waals surface area contributed by atoms with E-state index in [9.17, 15) is 32.5 Å². The minimum Gasteiger partial charge on any atom is -0.495 e. The van der Waals surface area contributed by atoms with E-state index >= 15 is 0 Å². The van der Waals surface area contributed by atoms with Crippen molar-refractivity contribution < 1.29 is 32.1 Å². The van der Waals surface area contributed by atoms with Crippen LogP contribution in [0.4, 0.5) is 15.8 Å². The highest BCUT2D eigenvalue weighted by molar-refractivity contribution is 7.92. The second kappa shape index (κ2) is 12.5. The van der Waals surface area contributed by atoms with Crippen molar-refractivity contribution in [3.8, 4) is 5.75 Å². The molecule has 0 bridgehead atoms. The van der Waals surface area contributed by atoms with Crippen LogP contribution in [-0.4, -0.2) is 62.0 Å². The van der Waals surface area contributed by atoms with E-state index in [4.69, 9.17) is 4.74 Å². The molecule has 0 radical (unpaired) electrons. The predicted molar refractivity (Wildman–Crippen MR) is 136 cm³/mol. The van der Waals surface area contributed by atoms with Crippen LogP contribution in [0, 0.1) is 15.9 Å². The van der Waals surface area contributed by atoms with Crippen molar-refractivity contribution in [2.24, 2.45) is 0 Å². The number of methoxy groups -OCH3 is 1. The summed E-state index contributed by atoms with van der Waals surface area (Å²) in [5, 5.41) is 14.1. The summed E-state index contributed by atoms with van der Waals surface area (Å²) in [4.78, 5) is 38.2. The summed E-state index contributed by atoms with van der Waals surface area (Å²) in [6.45, 7) is 4.30. The van der Waals surface area contributed by atoms with Crippen LogP contribution in [0.5, 0.6) is 5.75 Å². The van der Waals surface area contributed by atoms with E-state index in [-0.39, 0.29) is 24.0 Å². The molecule has 0 aromatic heterocycles. The third kappa shape index (κ3) is 7.87. The Morgan fingerprint density at radius 3 is 2.30 bits per heavy atom. The van der Waals surface area contributed by atoms with Gasteiger partial charge < -0.3 is 15.0 Å². The SMILES string of the molecule is CC[C@@H](C)NC(=O)[C@H](C)N(Cc1ccc(F)cc1)C(=O)CN(c1cc([N+](=O)[O-])ccc1OC)S(C)(=O)=O. The number of amides is 2. The van der Waals surface area contributed by atoms with Crippen LogP contribution >= 0.6 is 0 Å². The first-order valence-electron chi connectivity index (χ1n) is 11.4. The molecule has 2 rings (SSSR count). The van der Waals surface area contributed by atoms with Gasteiger partial charge in [0, 0.05) is 24.7 Å². The molecular formula is C24H31FN4O7S. The average molecular weight is 539 g/mol. The Bertz CT molecular complexity index is 1240. The van der Waals surface area contributed by atoms with Gasteiger partial charge in [0.15, 0.2) is 0 Å². The highest BCUT2D eigenvalue weighted by Gasteiger charge is 2.32. The zero-order valence-corrected chi connectivity index (χ0v) is 22.1. The Labute approximate surface area is 215 Å². The molecule has 0 heterocycles. The van der Waals surface area contributed by atoms with Crippen molar-refractivity contribution in [1.29, 1.82) is 0 Å². The summed E-state index contributed by atoms with van der Waals surface area (Å²) >= 11 is 0. The standard InChI is InChI=1S/C24H31FN4O7S/c1-6-16(2)26-24(31)17(3)27(14-18-7-9-19(25)10-8-18)23(30)15-28(37(5,34)35)21-13-20(29(32)33)11-12-22(21)36-4/h7-13,16-17H,6,14-15H2,1-5H3,(H,26,31)/t16-,17+/m1/s1. The monoisotopic (exact) mass is 538 g/mol. The number of rotatable bonds is 12. The lowest BCUT2D eigenvalue weighted by atomic mass is 10.1. The Balaban J connectivity index is 2.50. The number of hydrogen-bond acceptors (Lipinski definition) is 7. The number of halogens is 1. The Morgan fingerprint density at radius 2 is 1.78 bits per heavy atom. The number of nitro groups is 1. The molecule has 0 aliphatic carbocycles. The molecular weight excluding hydrogens is 507 g/mol.